The van der Waals surface area contributed by atoms with Gasteiger partial charge in [0.1, 0.15) is 5.69 Å². The fraction of sp³-hybridized carbons (Fsp3) is 0.600. The van der Waals surface area contributed by atoms with Crippen molar-refractivity contribution in [2.24, 2.45) is 7.05 Å². The van der Waals surface area contributed by atoms with E-state index in [0.29, 0.717) is 5.69 Å². The van der Waals surface area contributed by atoms with Gasteiger partial charge >= 0.3 is 6.18 Å². The van der Waals surface area contributed by atoms with E-state index in [1.165, 1.54) is 4.68 Å². The summed E-state index contributed by atoms with van der Waals surface area (Å²) in [7, 11) is 1.55. The molecule has 0 bridgehead atoms. The minimum absolute atomic E-state index is 0.0536. The summed E-state index contributed by atoms with van der Waals surface area (Å²) in [5, 5.41) is 6.34. The van der Waals surface area contributed by atoms with Crippen LogP contribution in [0.2, 0.25) is 0 Å². The highest BCUT2D eigenvalue weighted by molar-refractivity contribution is 5.97. The first-order chi connectivity index (χ1) is 8.22. The molecule has 3 N–H and O–H groups in total. The first kappa shape index (κ1) is 14.3. The molecule has 102 valence electrons. The number of hydrogen-bond acceptors (Lipinski definition) is 3. The van der Waals surface area contributed by atoms with Gasteiger partial charge in [0.15, 0.2) is 0 Å². The first-order valence-corrected chi connectivity index (χ1v) is 5.36. The van der Waals surface area contributed by atoms with Crippen molar-refractivity contribution in [2.75, 3.05) is 12.3 Å². The molecule has 0 atom stereocenters. The molecule has 0 saturated carbocycles. The van der Waals surface area contributed by atoms with Gasteiger partial charge in [0.2, 0.25) is 0 Å². The number of aromatic nitrogens is 2. The Morgan fingerprint density at radius 1 is 1.50 bits per heavy atom. The van der Waals surface area contributed by atoms with Crippen LogP contribution in [0.25, 0.3) is 0 Å². The zero-order valence-electron chi connectivity index (χ0n) is 10.1. The molecule has 18 heavy (non-hydrogen) atoms. The average molecular weight is 264 g/mol. The van der Waals surface area contributed by atoms with Gasteiger partial charge in [-0.15, -0.1) is 0 Å². The van der Waals surface area contributed by atoms with Crippen molar-refractivity contribution < 1.29 is 18.0 Å². The van der Waals surface area contributed by atoms with Gasteiger partial charge in [-0.3, -0.25) is 9.48 Å². The Hall–Kier alpha value is -1.73. The summed E-state index contributed by atoms with van der Waals surface area (Å²) in [6.45, 7) is 1.60. The molecule has 0 radical (unpaired) electrons. The Labute approximate surface area is 102 Å². The molecule has 1 amide bonds. The van der Waals surface area contributed by atoms with Crippen LogP contribution in [0.3, 0.4) is 0 Å². The highest BCUT2D eigenvalue weighted by atomic mass is 19.4. The summed E-state index contributed by atoms with van der Waals surface area (Å²) < 4.78 is 37.0. The monoisotopic (exact) mass is 264 g/mol. The normalized spacial score (nSPS) is 11.6. The molecule has 1 aromatic rings. The van der Waals surface area contributed by atoms with Crippen LogP contribution in [0.4, 0.5) is 18.9 Å². The van der Waals surface area contributed by atoms with E-state index in [0.717, 1.165) is 0 Å². The number of nitrogen functional groups attached to an aromatic ring is 1. The number of nitrogens with one attached hydrogen (secondary N) is 1. The van der Waals surface area contributed by atoms with Crippen molar-refractivity contribution in [3.63, 3.8) is 0 Å². The molecular formula is C10H15F3N4O. The van der Waals surface area contributed by atoms with Crippen LogP contribution in [0, 0.1) is 6.92 Å². The van der Waals surface area contributed by atoms with E-state index in [9.17, 15) is 18.0 Å². The smallest absolute Gasteiger partial charge is 0.389 e. The molecule has 0 aliphatic heterocycles. The quantitative estimate of drug-likeness (QED) is 0.807. The van der Waals surface area contributed by atoms with Gasteiger partial charge in [-0.25, -0.2) is 0 Å². The Bertz CT molecular complexity index is 439. The SMILES string of the molecule is Cc1nn(C)c(C(=O)NCCCC(F)(F)F)c1N. The lowest BCUT2D eigenvalue weighted by atomic mass is 10.2. The van der Waals surface area contributed by atoms with E-state index in [1.54, 1.807) is 14.0 Å². The van der Waals surface area contributed by atoms with Crippen LogP contribution >= 0.6 is 0 Å². The maximum Gasteiger partial charge on any atom is 0.389 e. The fourth-order valence-corrected chi connectivity index (χ4v) is 1.52. The Morgan fingerprint density at radius 3 is 2.56 bits per heavy atom. The predicted octanol–water partition coefficient (Wildman–Crippen LogP) is 1.38. The third-order valence-corrected chi connectivity index (χ3v) is 2.41. The Morgan fingerprint density at radius 2 is 2.11 bits per heavy atom. The van der Waals surface area contributed by atoms with Crippen molar-refractivity contribution in [1.82, 2.24) is 15.1 Å². The Kier molecular flexibility index (Phi) is 4.20. The van der Waals surface area contributed by atoms with Crippen LogP contribution in [-0.2, 0) is 7.05 Å². The lowest BCUT2D eigenvalue weighted by Gasteiger charge is -2.08. The highest BCUT2D eigenvalue weighted by Gasteiger charge is 2.26. The second-order valence-corrected chi connectivity index (χ2v) is 3.95. The Balaban J connectivity index is 2.51. The number of aryl methyl sites for hydroxylation is 2. The number of hydrogen-bond donors (Lipinski definition) is 2. The summed E-state index contributed by atoms with van der Waals surface area (Å²) in [4.78, 5) is 11.7. The highest BCUT2D eigenvalue weighted by Crippen LogP contribution is 2.21. The maximum atomic E-state index is 11.9. The number of rotatable bonds is 4. The predicted molar refractivity (Wildman–Crippen MR) is 60.0 cm³/mol. The molecule has 1 rings (SSSR count). The van der Waals surface area contributed by atoms with Crippen LogP contribution < -0.4 is 11.1 Å². The van der Waals surface area contributed by atoms with E-state index in [2.05, 4.69) is 10.4 Å². The molecule has 0 aromatic carbocycles. The summed E-state index contributed by atoms with van der Waals surface area (Å²) in [6.07, 6.45) is -5.29. The molecule has 0 aliphatic rings. The van der Waals surface area contributed by atoms with Crippen LogP contribution in [0.1, 0.15) is 29.0 Å². The van der Waals surface area contributed by atoms with Crippen LogP contribution in [-0.4, -0.2) is 28.4 Å². The standard InChI is InChI=1S/C10H15F3N4O/c1-6-7(14)8(17(2)16-6)9(18)15-5-3-4-10(11,12)13/h3-5,14H2,1-2H3,(H,15,18). The second kappa shape index (κ2) is 5.28. The molecule has 8 heteroatoms. The lowest BCUT2D eigenvalue weighted by molar-refractivity contribution is -0.135. The topological polar surface area (TPSA) is 72.9 Å². The summed E-state index contributed by atoms with van der Waals surface area (Å²) in [6, 6.07) is 0. The van der Waals surface area contributed by atoms with Crippen LogP contribution in [0.5, 0.6) is 0 Å². The summed E-state index contributed by atoms with van der Waals surface area (Å²) >= 11 is 0. The number of carbonyl (C=O) groups excluding carboxylic acids is 1. The van der Waals surface area contributed by atoms with Gasteiger partial charge < -0.3 is 11.1 Å². The van der Waals surface area contributed by atoms with E-state index in [-0.39, 0.29) is 24.3 Å². The molecule has 5 nitrogen and oxygen atoms in total. The van der Waals surface area contributed by atoms with E-state index >= 15 is 0 Å². The minimum atomic E-state index is -4.20. The van der Waals surface area contributed by atoms with Crippen LogP contribution in [0.15, 0.2) is 0 Å². The molecular weight excluding hydrogens is 249 g/mol. The average Bonchev–Trinajstić information content (AvgIpc) is 2.47. The second-order valence-electron chi connectivity index (χ2n) is 3.95. The van der Waals surface area contributed by atoms with Crippen molar-refractivity contribution in [2.45, 2.75) is 25.9 Å². The number of alkyl halides is 3. The molecule has 0 fully saturated rings. The molecule has 0 aliphatic carbocycles. The van der Waals surface area contributed by atoms with Gasteiger partial charge in [-0.05, 0) is 13.3 Å². The lowest BCUT2D eigenvalue weighted by Crippen LogP contribution is -2.28. The zero-order valence-corrected chi connectivity index (χ0v) is 10.1. The number of halogens is 3. The van der Waals surface area contributed by atoms with Gasteiger partial charge in [0, 0.05) is 20.0 Å². The molecule has 0 unspecified atom stereocenters. The number of anilines is 1. The zero-order chi connectivity index (χ0) is 13.9. The molecule has 0 saturated heterocycles. The van der Waals surface area contributed by atoms with Gasteiger partial charge in [-0.2, -0.15) is 18.3 Å². The molecule has 1 heterocycles. The van der Waals surface area contributed by atoms with Crippen molar-refractivity contribution in [1.29, 1.82) is 0 Å². The van der Waals surface area contributed by atoms with Gasteiger partial charge in [0.25, 0.3) is 5.91 Å². The van der Waals surface area contributed by atoms with Gasteiger partial charge in [-0.1, -0.05) is 0 Å². The molecule has 0 spiro atoms. The van der Waals surface area contributed by atoms with E-state index in [1.807, 2.05) is 0 Å². The number of carbonyl (C=O) groups is 1. The number of nitrogens with zero attached hydrogens (tertiary/aromatic N) is 2. The maximum absolute atomic E-state index is 11.9. The third-order valence-electron chi connectivity index (χ3n) is 2.41. The first-order valence-electron chi connectivity index (χ1n) is 5.36. The fourth-order valence-electron chi connectivity index (χ4n) is 1.52. The van der Waals surface area contributed by atoms with E-state index < -0.39 is 18.5 Å². The number of amides is 1. The van der Waals surface area contributed by atoms with Crippen molar-refractivity contribution in [3.8, 4) is 0 Å². The minimum Gasteiger partial charge on any atom is -0.395 e. The summed E-state index contributed by atoms with van der Waals surface area (Å²) in [5.74, 6) is -0.516. The third kappa shape index (κ3) is 3.64. The van der Waals surface area contributed by atoms with E-state index in [4.69, 9.17) is 5.73 Å². The van der Waals surface area contributed by atoms with Crippen molar-refractivity contribution in [3.05, 3.63) is 11.4 Å². The summed E-state index contributed by atoms with van der Waals surface area (Å²) in [5.41, 5.74) is 6.57. The largest absolute Gasteiger partial charge is 0.395 e. The number of nitrogens with two attached hydrogens (primary N) is 1. The van der Waals surface area contributed by atoms with Crippen molar-refractivity contribution >= 4 is 11.6 Å². The van der Waals surface area contributed by atoms with Gasteiger partial charge in [0.05, 0.1) is 11.4 Å². The molecule has 1 aromatic heterocycles.